The number of rotatable bonds is 2. The van der Waals surface area contributed by atoms with Crippen LogP contribution >= 0.6 is 7.92 Å². The summed E-state index contributed by atoms with van der Waals surface area (Å²) in [4.78, 5) is 0. The molecule has 0 aliphatic rings. The zero-order chi connectivity index (χ0) is 13.5. The third-order valence-electron chi connectivity index (χ3n) is 3.98. The second-order valence-corrected chi connectivity index (χ2v) is 7.39. The van der Waals surface area contributed by atoms with Gasteiger partial charge >= 0.3 is 25.8 Å². The van der Waals surface area contributed by atoms with E-state index in [2.05, 4.69) is 79.5 Å². The van der Waals surface area contributed by atoms with E-state index in [1.54, 1.807) is 0 Å². The van der Waals surface area contributed by atoms with Gasteiger partial charge in [-0.2, -0.15) is 12.1 Å². The third kappa shape index (κ3) is 3.97. The van der Waals surface area contributed by atoms with Crippen LogP contribution in [0.3, 0.4) is 0 Å². The summed E-state index contributed by atoms with van der Waals surface area (Å²) < 4.78 is 0. The van der Waals surface area contributed by atoms with E-state index in [0.717, 1.165) is 0 Å². The molecule has 0 heterocycles. The van der Waals surface area contributed by atoms with E-state index in [4.69, 9.17) is 0 Å². The van der Waals surface area contributed by atoms with Crippen LogP contribution in [-0.2, 0) is 25.8 Å². The Hall–Kier alpha value is -0.460. The molecule has 114 valence electrons. The normalized spacial score (nSPS) is 10.2. The molecule has 0 saturated heterocycles. The van der Waals surface area contributed by atoms with Gasteiger partial charge in [0.2, 0.25) is 0 Å². The Bertz CT molecular complexity index is 754. The second-order valence-electron chi connectivity index (χ2n) is 5.24. The number of benzene rings is 2. The predicted molar refractivity (Wildman–Crippen MR) is 91.2 cm³/mol. The van der Waals surface area contributed by atoms with E-state index in [1.165, 1.54) is 32.2 Å². The van der Waals surface area contributed by atoms with Crippen molar-refractivity contribution in [1.82, 2.24) is 0 Å². The molecule has 4 aromatic carbocycles. The first-order valence-electron chi connectivity index (χ1n) is 6.86. The molecule has 0 unspecified atom stereocenters. The number of hydrogen-bond acceptors (Lipinski definition) is 0. The van der Waals surface area contributed by atoms with Crippen LogP contribution < -0.4 is 35.4 Å². The Balaban J connectivity index is 0.000000882. The van der Waals surface area contributed by atoms with E-state index in [1.807, 2.05) is 0 Å². The van der Waals surface area contributed by atoms with Crippen molar-refractivity contribution in [3.05, 3.63) is 72.8 Å². The van der Waals surface area contributed by atoms with Crippen LogP contribution in [0.25, 0.3) is 21.5 Å². The quantitative estimate of drug-likeness (QED) is 0.171. The Morgan fingerprint density at radius 1 is 0.696 bits per heavy atom. The van der Waals surface area contributed by atoms with Crippen molar-refractivity contribution >= 4 is 40.1 Å². The van der Waals surface area contributed by atoms with Gasteiger partial charge in [0.25, 0.3) is 0 Å². The first-order chi connectivity index (χ1) is 9.81. The van der Waals surface area contributed by atoms with Crippen molar-refractivity contribution in [3.8, 4) is 0 Å². The summed E-state index contributed by atoms with van der Waals surface area (Å²) in [5.74, 6) is 0. The second kappa shape index (κ2) is 8.58. The molecule has 0 fully saturated rings. The molecule has 23 heavy (non-hydrogen) atoms. The summed E-state index contributed by atoms with van der Waals surface area (Å²) >= 11 is 0. The van der Waals surface area contributed by atoms with Crippen molar-refractivity contribution in [2.45, 2.75) is 0 Å². The van der Waals surface area contributed by atoms with Crippen molar-refractivity contribution in [2.24, 2.45) is 0 Å². The number of hydrogen-bond donors (Lipinski definition) is 0. The molecule has 0 aromatic heterocycles. The molecule has 0 radical (unpaired) electrons. The molecule has 4 aromatic rings. The first kappa shape index (κ1) is 20.6. The Labute approximate surface area is 169 Å². The largest absolute Gasteiger partial charge is 4.00 e. The SMILES string of the molecule is CP(c1cc2ccccc2[cH-]1)c1cc2ccccc2[cH-]1.[Cl-].[Cl-].[Hf+4]. The Morgan fingerprint density at radius 3 is 1.48 bits per heavy atom. The van der Waals surface area contributed by atoms with Crippen LogP contribution in [0.15, 0.2) is 72.8 Å². The van der Waals surface area contributed by atoms with Crippen LogP contribution in [0.1, 0.15) is 0 Å². The maximum atomic E-state index is 2.36. The minimum absolute atomic E-state index is 0. The van der Waals surface area contributed by atoms with Crippen molar-refractivity contribution in [3.63, 3.8) is 0 Å². The molecule has 4 heteroatoms. The molecule has 0 spiro atoms. The van der Waals surface area contributed by atoms with Gasteiger partial charge in [-0.05, 0) is 6.66 Å². The molecule has 0 nitrogen and oxygen atoms in total. The van der Waals surface area contributed by atoms with Crippen LogP contribution in [0.2, 0.25) is 0 Å². The summed E-state index contributed by atoms with van der Waals surface area (Å²) in [5, 5.41) is 8.36. The fourth-order valence-electron chi connectivity index (χ4n) is 2.80. The first-order valence-corrected chi connectivity index (χ1v) is 8.65. The van der Waals surface area contributed by atoms with Gasteiger partial charge in [0.15, 0.2) is 0 Å². The van der Waals surface area contributed by atoms with Gasteiger partial charge in [-0.1, -0.05) is 20.1 Å². The molecule has 0 saturated carbocycles. The average Bonchev–Trinajstić information content (AvgIpc) is 3.10. The predicted octanol–water partition coefficient (Wildman–Crippen LogP) is -1.50. The van der Waals surface area contributed by atoms with Crippen molar-refractivity contribution in [1.29, 1.82) is 0 Å². The molecule has 0 atom stereocenters. The summed E-state index contributed by atoms with van der Waals surface area (Å²) in [5.41, 5.74) is 0. The fourth-order valence-corrected chi connectivity index (χ4v) is 4.43. The Morgan fingerprint density at radius 2 is 1.09 bits per heavy atom. The van der Waals surface area contributed by atoms with Crippen LogP contribution in [0.4, 0.5) is 0 Å². The third-order valence-corrected chi connectivity index (χ3v) is 6.05. The zero-order valence-corrected chi connectivity index (χ0v) is 18.6. The standard InChI is InChI=1S/C19H15P.2ClH.Hf/c1-20(18-10-14-6-2-3-7-15(14)11-18)19-12-16-8-4-5-9-17(16)13-19;;;/h2-13H,1H3;2*1H;/q-2;;;+4/p-2. The minimum Gasteiger partial charge on any atom is -1.00 e. The molecule has 0 amide bonds. The Kier molecular flexibility index (Phi) is 7.68. The average molecular weight is 524 g/mol. The van der Waals surface area contributed by atoms with E-state index < -0.39 is 0 Å². The van der Waals surface area contributed by atoms with E-state index in [0.29, 0.717) is 0 Å². The monoisotopic (exact) mass is 524 g/mol. The maximum absolute atomic E-state index is 2.36. The van der Waals surface area contributed by atoms with Crippen LogP contribution in [0.5, 0.6) is 0 Å². The minimum atomic E-state index is -0.264. The molecule has 0 bridgehead atoms. The van der Waals surface area contributed by atoms with Gasteiger partial charge in [0.1, 0.15) is 0 Å². The van der Waals surface area contributed by atoms with E-state index >= 15 is 0 Å². The van der Waals surface area contributed by atoms with Gasteiger partial charge in [-0.3, -0.25) is 0 Å². The molecule has 0 N–H and O–H groups in total. The smallest absolute Gasteiger partial charge is 1.00 e. The van der Waals surface area contributed by atoms with Gasteiger partial charge in [-0.15, -0.1) is 80.7 Å². The van der Waals surface area contributed by atoms with Crippen LogP contribution in [-0.4, -0.2) is 6.66 Å². The van der Waals surface area contributed by atoms with Crippen molar-refractivity contribution in [2.75, 3.05) is 6.66 Å². The molecular weight excluding hydrogens is 509 g/mol. The van der Waals surface area contributed by atoms with Crippen molar-refractivity contribution < 1.29 is 50.7 Å². The van der Waals surface area contributed by atoms with Gasteiger partial charge in [0.05, 0.1) is 0 Å². The molecule has 4 rings (SSSR count). The fraction of sp³-hybridized carbons (Fsp3) is 0.0526. The van der Waals surface area contributed by atoms with Crippen LogP contribution in [0, 0.1) is 0 Å². The topological polar surface area (TPSA) is 0 Å². The molecular formula is C19H15Cl2HfP. The summed E-state index contributed by atoms with van der Waals surface area (Å²) in [6.45, 7) is 2.36. The summed E-state index contributed by atoms with van der Waals surface area (Å²) in [6.07, 6.45) is 0. The molecule has 0 aliphatic heterocycles. The van der Waals surface area contributed by atoms with Gasteiger partial charge in [-0.25, -0.2) is 0 Å². The zero-order valence-electron chi connectivity index (χ0n) is 12.6. The van der Waals surface area contributed by atoms with E-state index in [9.17, 15) is 0 Å². The number of fused-ring (bicyclic) bond motifs is 2. The number of halogens is 2. The molecule has 0 aliphatic carbocycles. The van der Waals surface area contributed by atoms with Gasteiger partial charge < -0.3 is 24.8 Å². The van der Waals surface area contributed by atoms with E-state index in [-0.39, 0.29) is 58.6 Å². The summed E-state index contributed by atoms with van der Waals surface area (Å²) in [7, 11) is -0.264. The van der Waals surface area contributed by atoms with Gasteiger partial charge in [0, 0.05) is 0 Å². The summed E-state index contributed by atoms with van der Waals surface area (Å²) in [6, 6.07) is 26.6. The maximum Gasteiger partial charge on any atom is 4.00 e.